The maximum absolute atomic E-state index is 13.1. The molecule has 0 aliphatic rings. The summed E-state index contributed by atoms with van der Waals surface area (Å²) in [6.45, 7) is 4.22. The Bertz CT molecular complexity index is 1180. The van der Waals surface area contributed by atoms with Crippen molar-refractivity contribution in [1.82, 2.24) is 4.72 Å². The average Bonchev–Trinajstić information content (AvgIpc) is 2.79. The Morgan fingerprint density at radius 1 is 0.875 bits per heavy atom. The van der Waals surface area contributed by atoms with Gasteiger partial charge in [0, 0.05) is 23.9 Å². The molecule has 3 rings (SSSR count). The van der Waals surface area contributed by atoms with Crippen LogP contribution in [0.2, 0.25) is 0 Å². The Morgan fingerprint density at radius 2 is 1.56 bits per heavy atom. The first-order valence-electron chi connectivity index (χ1n) is 10.1. The summed E-state index contributed by atoms with van der Waals surface area (Å²) in [5.74, 6) is 2.23. The third kappa shape index (κ3) is 5.52. The standard InChI is InChI=1S/C24H28N2O5S/c1-16(2)17-5-9-20(10-6-17)31-22-12-8-19(25)13-24(22)32(27,28)26-15-18-7-11-21(29-3)14-23(18)30-4/h5-14,16,26H,15,25H2,1-4H3. The van der Waals surface area contributed by atoms with Crippen LogP contribution in [0.5, 0.6) is 23.0 Å². The third-order valence-corrected chi connectivity index (χ3v) is 6.40. The number of sulfonamides is 1. The minimum Gasteiger partial charge on any atom is -0.497 e. The van der Waals surface area contributed by atoms with Crippen LogP contribution in [0, 0.1) is 0 Å². The van der Waals surface area contributed by atoms with E-state index in [0.29, 0.717) is 34.4 Å². The zero-order valence-electron chi connectivity index (χ0n) is 18.6. The Hall–Kier alpha value is -3.23. The van der Waals surface area contributed by atoms with Gasteiger partial charge in [0.1, 0.15) is 27.9 Å². The Morgan fingerprint density at radius 3 is 2.19 bits per heavy atom. The molecule has 0 radical (unpaired) electrons. The maximum Gasteiger partial charge on any atom is 0.244 e. The molecule has 0 heterocycles. The van der Waals surface area contributed by atoms with Gasteiger partial charge in [-0.3, -0.25) is 0 Å². The van der Waals surface area contributed by atoms with Crippen molar-refractivity contribution in [2.45, 2.75) is 31.2 Å². The van der Waals surface area contributed by atoms with Crippen LogP contribution < -0.4 is 24.7 Å². The molecule has 3 aromatic rings. The summed E-state index contributed by atoms with van der Waals surface area (Å²) in [5, 5.41) is 0. The molecule has 8 heteroatoms. The summed E-state index contributed by atoms with van der Waals surface area (Å²) in [6.07, 6.45) is 0. The van der Waals surface area contributed by atoms with Gasteiger partial charge in [-0.05, 0) is 47.9 Å². The van der Waals surface area contributed by atoms with Gasteiger partial charge in [-0.25, -0.2) is 13.1 Å². The van der Waals surface area contributed by atoms with Crippen LogP contribution in [0.3, 0.4) is 0 Å². The summed E-state index contributed by atoms with van der Waals surface area (Å²) in [7, 11) is -0.870. The number of rotatable bonds is 9. The predicted octanol–water partition coefficient (Wildman–Crippen LogP) is 4.68. The number of nitrogens with two attached hydrogens (primary N) is 1. The van der Waals surface area contributed by atoms with Crippen molar-refractivity contribution in [3.05, 3.63) is 71.8 Å². The molecule has 3 aromatic carbocycles. The van der Waals surface area contributed by atoms with Crippen LogP contribution >= 0.6 is 0 Å². The number of benzene rings is 3. The normalized spacial score (nSPS) is 11.4. The van der Waals surface area contributed by atoms with Gasteiger partial charge >= 0.3 is 0 Å². The number of nitrogen functional groups attached to an aromatic ring is 1. The largest absolute Gasteiger partial charge is 0.497 e. The molecular formula is C24H28N2O5S. The van der Waals surface area contributed by atoms with Crippen LogP contribution in [-0.2, 0) is 16.6 Å². The first kappa shape index (κ1) is 23.4. The first-order valence-corrected chi connectivity index (χ1v) is 11.6. The molecule has 7 nitrogen and oxygen atoms in total. The van der Waals surface area contributed by atoms with Gasteiger partial charge < -0.3 is 19.9 Å². The van der Waals surface area contributed by atoms with E-state index in [9.17, 15) is 8.42 Å². The smallest absolute Gasteiger partial charge is 0.244 e. The van der Waals surface area contributed by atoms with E-state index in [-0.39, 0.29) is 17.2 Å². The van der Waals surface area contributed by atoms with Crippen LogP contribution in [0.15, 0.2) is 65.6 Å². The summed E-state index contributed by atoms with van der Waals surface area (Å²) in [6, 6.07) is 17.3. The van der Waals surface area contributed by atoms with Crippen LogP contribution in [0.25, 0.3) is 0 Å². The molecule has 0 aromatic heterocycles. The molecule has 0 unspecified atom stereocenters. The van der Waals surface area contributed by atoms with Gasteiger partial charge in [0.05, 0.1) is 14.2 Å². The highest BCUT2D eigenvalue weighted by Crippen LogP contribution is 2.32. The number of nitrogens with one attached hydrogen (secondary N) is 1. The summed E-state index contributed by atoms with van der Waals surface area (Å²) < 4.78 is 45.3. The molecular weight excluding hydrogens is 428 g/mol. The van der Waals surface area contributed by atoms with E-state index in [4.69, 9.17) is 19.9 Å². The fourth-order valence-corrected chi connectivity index (χ4v) is 4.28. The molecule has 0 bridgehead atoms. The van der Waals surface area contributed by atoms with E-state index in [1.807, 2.05) is 24.3 Å². The predicted molar refractivity (Wildman–Crippen MR) is 125 cm³/mol. The lowest BCUT2D eigenvalue weighted by Gasteiger charge is -2.15. The molecule has 0 fully saturated rings. The Balaban J connectivity index is 1.85. The lowest BCUT2D eigenvalue weighted by atomic mass is 10.0. The second kappa shape index (κ2) is 9.93. The lowest BCUT2D eigenvalue weighted by molar-refractivity contribution is 0.390. The molecule has 0 saturated heterocycles. The lowest BCUT2D eigenvalue weighted by Crippen LogP contribution is -2.24. The van der Waals surface area contributed by atoms with Gasteiger partial charge in [-0.15, -0.1) is 0 Å². The van der Waals surface area contributed by atoms with Crippen molar-refractivity contribution in [1.29, 1.82) is 0 Å². The van der Waals surface area contributed by atoms with E-state index >= 15 is 0 Å². The van der Waals surface area contributed by atoms with Gasteiger partial charge in [-0.1, -0.05) is 32.0 Å². The molecule has 32 heavy (non-hydrogen) atoms. The minimum atomic E-state index is -3.94. The highest BCUT2D eigenvalue weighted by atomic mass is 32.2. The van der Waals surface area contributed by atoms with Crippen molar-refractivity contribution < 1.29 is 22.6 Å². The van der Waals surface area contributed by atoms with Crippen molar-refractivity contribution in [3.8, 4) is 23.0 Å². The fraction of sp³-hybridized carbons (Fsp3) is 0.250. The summed E-state index contributed by atoms with van der Waals surface area (Å²) in [5.41, 5.74) is 8.01. The maximum atomic E-state index is 13.1. The summed E-state index contributed by atoms with van der Waals surface area (Å²) in [4.78, 5) is -0.0436. The van der Waals surface area contributed by atoms with E-state index < -0.39 is 10.0 Å². The minimum absolute atomic E-state index is 0.0207. The van der Waals surface area contributed by atoms with E-state index in [1.54, 1.807) is 37.4 Å². The number of methoxy groups -OCH3 is 2. The van der Waals surface area contributed by atoms with E-state index in [1.165, 1.54) is 13.2 Å². The van der Waals surface area contributed by atoms with E-state index in [0.717, 1.165) is 5.56 Å². The van der Waals surface area contributed by atoms with E-state index in [2.05, 4.69) is 18.6 Å². The summed E-state index contributed by atoms with van der Waals surface area (Å²) >= 11 is 0. The molecule has 0 amide bonds. The van der Waals surface area contributed by atoms with Crippen LogP contribution in [0.4, 0.5) is 5.69 Å². The molecule has 0 spiro atoms. The molecule has 0 saturated carbocycles. The Kier molecular flexibility index (Phi) is 7.27. The molecule has 0 aliphatic heterocycles. The topological polar surface area (TPSA) is 99.9 Å². The second-order valence-corrected chi connectivity index (χ2v) is 9.27. The quantitative estimate of drug-likeness (QED) is 0.454. The molecule has 0 aliphatic carbocycles. The first-order chi connectivity index (χ1) is 15.2. The Labute approximate surface area is 189 Å². The van der Waals surface area contributed by atoms with Crippen molar-refractivity contribution >= 4 is 15.7 Å². The van der Waals surface area contributed by atoms with Crippen LogP contribution in [-0.4, -0.2) is 22.6 Å². The van der Waals surface area contributed by atoms with Gasteiger partial charge in [-0.2, -0.15) is 0 Å². The zero-order chi connectivity index (χ0) is 23.3. The molecule has 0 atom stereocenters. The van der Waals surface area contributed by atoms with Gasteiger partial charge in [0.25, 0.3) is 0 Å². The second-order valence-electron chi connectivity index (χ2n) is 7.53. The number of anilines is 1. The highest BCUT2D eigenvalue weighted by molar-refractivity contribution is 7.89. The van der Waals surface area contributed by atoms with Gasteiger partial charge in [0.2, 0.25) is 10.0 Å². The molecule has 170 valence electrons. The number of ether oxygens (including phenoxy) is 3. The number of hydrogen-bond donors (Lipinski definition) is 2. The fourth-order valence-electron chi connectivity index (χ4n) is 3.12. The van der Waals surface area contributed by atoms with Crippen molar-refractivity contribution in [2.75, 3.05) is 20.0 Å². The monoisotopic (exact) mass is 456 g/mol. The van der Waals surface area contributed by atoms with Crippen molar-refractivity contribution in [3.63, 3.8) is 0 Å². The zero-order valence-corrected chi connectivity index (χ0v) is 19.4. The van der Waals surface area contributed by atoms with Gasteiger partial charge in [0.15, 0.2) is 0 Å². The van der Waals surface area contributed by atoms with Crippen molar-refractivity contribution in [2.24, 2.45) is 0 Å². The molecule has 3 N–H and O–H groups in total. The third-order valence-electron chi connectivity index (χ3n) is 4.98. The highest BCUT2D eigenvalue weighted by Gasteiger charge is 2.21. The number of hydrogen-bond acceptors (Lipinski definition) is 6. The SMILES string of the molecule is COc1ccc(CNS(=O)(=O)c2cc(N)ccc2Oc2ccc(C(C)C)cc2)c(OC)c1. The van der Waals surface area contributed by atoms with Crippen LogP contribution in [0.1, 0.15) is 30.9 Å². The average molecular weight is 457 g/mol.